The van der Waals surface area contributed by atoms with Gasteiger partial charge in [0.2, 0.25) is 0 Å². The highest BCUT2D eigenvalue weighted by Crippen LogP contribution is 2.26. The highest BCUT2D eigenvalue weighted by Gasteiger charge is 2.20. The van der Waals surface area contributed by atoms with Crippen LogP contribution in [-0.2, 0) is 6.42 Å². The summed E-state index contributed by atoms with van der Waals surface area (Å²) in [7, 11) is 2.08. The van der Waals surface area contributed by atoms with Crippen LogP contribution in [0.3, 0.4) is 0 Å². The molecule has 15 heavy (non-hydrogen) atoms. The van der Waals surface area contributed by atoms with Crippen molar-refractivity contribution in [3.63, 3.8) is 0 Å². The van der Waals surface area contributed by atoms with Crippen LogP contribution in [0.25, 0.3) is 0 Å². The summed E-state index contributed by atoms with van der Waals surface area (Å²) in [4.78, 5) is 4.40. The molecule has 0 bridgehead atoms. The molecular weight excluding hydrogens is 184 g/mol. The lowest BCUT2D eigenvalue weighted by Gasteiger charge is -2.28. The molecule has 1 aromatic heterocycles. The molecular formula is C13H20N2. The van der Waals surface area contributed by atoms with Gasteiger partial charge in [0.1, 0.15) is 0 Å². The van der Waals surface area contributed by atoms with Crippen LogP contribution < -0.4 is 5.32 Å². The second-order valence-electron chi connectivity index (χ2n) is 4.54. The van der Waals surface area contributed by atoms with E-state index in [0.29, 0.717) is 0 Å². The lowest BCUT2D eigenvalue weighted by Crippen LogP contribution is -2.32. The fourth-order valence-electron chi connectivity index (χ4n) is 2.55. The minimum atomic E-state index is 0.729. The van der Waals surface area contributed by atoms with Gasteiger partial charge in [0.05, 0.1) is 0 Å². The first-order chi connectivity index (χ1) is 7.38. The van der Waals surface area contributed by atoms with E-state index in [-0.39, 0.29) is 0 Å². The second-order valence-corrected chi connectivity index (χ2v) is 4.54. The van der Waals surface area contributed by atoms with Gasteiger partial charge in [-0.3, -0.25) is 4.98 Å². The summed E-state index contributed by atoms with van der Waals surface area (Å²) >= 11 is 0. The summed E-state index contributed by atoms with van der Waals surface area (Å²) < 4.78 is 0. The van der Waals surface area contributed by atoms with E-state index in [9.17, 15) is 0 Å². The number of pyridine rings is 1. The molecule has 1 fully saturated rings. The normalized spacial score (nSPS) is 26.5. The van der Waals surface area contributed by atoms with Crippen molar-refractivity contribution in [3.8, 4) is 0 Å². The highest BCUT2D eigenvalue weighted by atomic mass is 14.9. The van der Waals surface area contributed by atoms with E-state index < -0.39 is 0 Å². The Hall–Kier alpha value is -0.890. The standard InChI is InChI=1S/C13H20N2/c1-14-12-7-4-5-11(9-12)10-13-6-2-3-8-15-13/h2-3,6,8,11-12,14H,4-5,7,9-10H2,1H3. The Morgan fingerprint density at radius 2 is 2.33 bits per heavy atom. The molecule has 2 atom stereocenters. The molecule has 1 heterocycles. The molecule has 0 aromatic carbocycles. The molecule has 0 aliphatic heterocycles. The number of nitrogens with zero attached hydrogens (tertiary/aromatic N) is 1. The number of nitrogens with one attached hydrogen (secondary N) is 1. The van der Waals surface area contributed by atoms with E-state index in [2.05, 4.69) is 29.5 Å². The summed E-state index contributed by atoms with van der Waals surface area (Å²) in [6.45, 7) is 0. The topological polar surface area (TPSA) is 24.9 Å². The molecule has 1 aliphatic carbocycles. The molecule has 1 aromatic rings. The molecule has 0 radical (unpaired) electrons. The van der Waals surface area contributed by atoms with Crippen LogP contribution >= 0.6 is 0 Å². The molecule has 0 amide bonds. The van der Waals surface area contributed by atoms with Crippen LogP contribution in [-0.4, -0.2) is 18.1 Å². The average Bonchev–Trinajstić information content (AvgIpc) is 2.31. The number of aromatic nitrogens is 1. The average molecular weight is 204 g/mol. The van der Waals surface area contributed by atoms with Crippen LogP contribution in [0.1, 0.15) is 31.4 Å². The Bertz CT molecular complexity index is 284. The Morgan fingerprint density at radius 1 is 1.40 bits per heavy atom. The fraction of sp³-hybridized carbons (Fsp3) is 0.615. The third kappa shape index (κ3) is 3.03. The lowest BCUT2D eigenvalue weighted by molar-refractivity contribution is 0.293. The maximum atomic E-state index is 4.40. The van der Waals surface area contributed by atoms with Gasteiger partial charge >= 0.3 is 0 Å². The molecule has 0 spiro atoms. The SMILES string of the molecule is CNC1CCCC(Cc2ccccn2)C1. The number of hydrogen-bond acceptors (Lipinski definition) is 2. The van der Waals surface area contributed by atoms with Crippen LogP contribution in [0.5, 0.6) is 0 Å². The van der Waals surface area contributed by atoms with Gasteiger partial charge in [-0.05, 0) is 50.8 Å². The molecule has 2 nitrogen and oxygen atoms in total. The minimum absolute atomic E-state index is 0.729. The van der Waals surface area contributed by atoms with Gasteiger partial charge < -0.3 is 5.32 Å². The van der Waals surface area contributed by atoms with E-state index in [1.165, 1.54) is 31.4 Å². The van der Waals surface area contributed by atoms with E-state index in [1.54, 1.807) is 0 Å². The second kappa shape index (κ2) is 5.26. The molecule has 1 N–H and O–H groups in total. The van der Waals surface area contributed by atoms with Gasteiger partial charge in [-0.2, -0.15) is 0 Å². The first kappa shape index (κ1) is 10.6. The van der Waals surface area contributed by atoms with Gasteiger partial charge in [-0.1, -0.05) is 12.5 Å². The van der Waals surface area contributed by atoms with Crippen molar-refractivity contribution in [2.45, 2.75) is 38.1 Å². The summed E-state index contributed by atoms with van der Waals surface area (Å²) in [5.41, 5.74) is 1.25. The van der Waals surface area contributed by atoms with Crippen molar-refractivity contribution in [2.75, 3.05) is 7.05 Å². The van der Waals surface area contributed by atoms with Gasteiger partial charge in [0, 0.05) is 17.9 Å². The monoisotopic (exact) mass is 204 g/mol. The van der Waals surface area contributed by atoms with Crippen molar-refractivity contribution < 1.29 is 0 Å². The first-order valence-electron chi connectivity index (χ1n) is 5.95. The molecule has 2 unspecified atom stereocenters. The van der Waals surface area contributed by atoms with Crippen LogP contribution in [0.4, 0.5) is 0 Å². The summed E-state index contributed by atoms with van der Waals surface area (Å²) in [5.74, 6) is 0.825. The summed E-state index contributed by atoms with van der Waals surface area (Å²) in [6.07, 6.45) is 8.44. The fourth-order valence-corrected chi connectivity index (χ4v) is 2.55. The zero-order valence-corrected chi connectivity index (χ0v) is 9.45. The van der Waals surface area contributed by atoms with Crippen LogP contribution in [0.15, 0.2) is 24.4 Å². The van der Waals surface area contributed by atoms with Crippen molar-refractivity contribution in [1.82, 2.24) is 10.3 Å². The maximum Gasteiger partial charge on any atom is 0.0406 e. The zero-order valence-electron chi connectivity index (χ0n) is 9.45. The third-order valence-corrected chi connectivity index (χ3v) is 3.42. The molecule has 2 rings (SSSR count). The number of rotatable bonds is 3. The van der Waals surface area contributed by atoms with E-state index >= 15 is 0 Å². The largest absolute Gasteiger partial charge is 0.317 e. The summed E-state index contributed by atoms with van der Waals surface area (Å²) in [6, 6.07) is 6.94. The van der Waals surface area contributed by atoms with Crippen molar-refractivity contribution in [3.05, 3.63) is 30.1 Å². The Labute approximate surface area is 92.1 Å². The first-order valence-corrected chi connectivity index (χ1v) is 5.95. The Kier molecular flexibility index (Phi) is 3.73. The Morgan fingerprint density at radius 3 is 3.07 bits per heavy atom. The smallest absolute Gasteiger partial charge is 0.0406 e. The van der Waals surface area contributed by atoms with Gasteiger partial charge in [-0.15, -0.1) is 0 Å². The lowest BCUT2D eigenvalue weighted by atomic mass is 9.83. The maximum absolute atomic E-state index is 4.40. The van der Waals surface area contributed by atoms with Gasteiger partial charge in [0.15, 0.2) is 0 Å². The molecule has 1 aliphatic rings. The predicted octanol–water partition coefficient (Wildman–Crippen LogP) is 2.40. The summed E-state index contributed by atoms with van der Waals surface area (Å²) in [5, 5.41) is 3.40. The predicted molar refractivity (Wildman–Crippen MR) is 62.7 cm³/mol. The van der Waals surface area contributed by atoms with Crippen LogP contribution in [0, 0.1) is 5.92 Å². The van der Waals surface area contributed by atoms with Crippen molar-refractivity contribution >= 4 is 0 Å². The highest BCUT2D eigenvalue weighted by molar-refractivity contribution is 5.04. The van der Waals surface area contributed by atoms with E-state index in [0.717, 1.165) is 18.4 Å². The zero-order chi connectivity index (χ0) is 10.5. The molecule has 0 saturated heterocycles. The Balaban J connectivity index is 1.89. The van der Waals surface area contributed by atoms with E-state index in [4.69, 9.17) is 0 Å². The van der Waals surface area contributed by atoms with Crippen LogP contribution in [0.2, 0.25) is 0 Å². The quantitative estimate of drug-likeness (QED) is 0.818. The van der Waals surface area contributed by atoms with Crippen molar-refractivity contribution in [2.24, 2.45) is 5.92 Å². The third-order valence-electron chi connectivity index (χ3n) is 3.42. The minimum Gasteiger partial charge on any atom is -0.317 e. The van der Waals surface area contributed by atoms with E-state index in [1.807, 2.05) is 12.3 Å². The van der Waals surface area contributed by atoms with Gasteiger partial charge in [-0.25, -0.2) is 0 Å². The van der Waals surface area contributed by atoms with Gasteiger partial charge in [0.25, 0.3) is 0 Å². The molecule has 1 saturated carbocycles. The van der Waals surface area contributed by atoms with Crippen molar-refractivity contribution in [1.29, 1.82) is 0 Å². The molecule has 2 heteroatoms. The molecule has 82 valence electrons. The number of hydrogen-bond donors (Lipinski definition) is 1.